The van der Waals surface area contributed by atoms with Gasteiger partial charge in [0.1, 0.15) is 11.3 Å². The molecule has 1 rings (SSSR count). The highest BCUT2D eigenvalue weighted by Gasteiger charge is 2.14. The number of amides is 1. The largest absolute Gasteiger partial charge is 0.324 e. The van der Waals surface area contributed by atoms with Crippen LogP contribution in [0.1, 0.15) is 6.42 Å². The van der Waals surface area contributed by atoms with Crippen LogP contribution in [-0.4, -0.2) is 14.3 Å². The fraction of sp³-hybridized carbons (Fsp3) is 0.111. The normalized spacial score (nSPS) is 10.5. The summed E-state index contributed by atoms with van der Waals surface area (Å²) in [6, 6.07) is 7.36. The molecule has 0 aromatic heterocycles. The number of nitrogens with one attached hydrogen (secondary N) is 1. The van der Waals surface area contributed by atoms with E-state index >= 15 is 0 Å². The molecule has 0 aliphatic heterocycles. The first-order valence-electron chi connectivity index (χ1n) is 4.24. The number of para-hydroxylation sites is 1. The molecular weight excluding hydrogens is 230 g/mol. The van der Waals surface area contributed by atoms with Crippen molar-refractivity contribution in [2.45, 2.75) is 11.3 Å². The lowest BCUT2D eigenvalue weighted by Crippen LogP contribution is -2.17. The first-order valence-corrected chi connectivity index (χ1v) is 5.78. The number of nitriles is 1. The maximum atomic E-state index is 11.2. The van der Waals surface area contributed by atoms with Crippen LogP contribution in [0, 0.1) is 11.3 Å². The molecular formula is C9H9N3O3S. The van der Waals surface area contributed by atoms with Crippen LogP contribution in [0.2, 0.25) is 0 Å². The van der Waals surface area contributed by atoms with Crippen LogP contribution < -0.4 is 10.5 Å². The number of anilines is 1. The summed E-state index contributed by atoms with van der Waals surface area (Å²) < 4.78 is 22.3. The quantitative estimate of drug-likeness (QED) is 0.783. The average Bonchev–Trinajstić information content (AvgIpc) is 2.17. The molecule has 84 valence electrons. The highest BCUT2D eigenvalue weighted by molar-refractivity contribution is 7.89. The molecule has 7 heteroatoms. The predicted octanol–water partition coefficient (Wildman–Crippen LogP) is 0.186. The summed E-state index contributed by atoms with van der Waals surface area (Å²) in [5.74, 6) is -0.585. The fourth-order valence-corrected chi connectivity index (χ4v) is 1.78. The number of primary sulfonamides is 1. The van der Waals surface area contributed by atoms with E-state index in [-0.39, 0.29) is 17.0 Å². The van der Waals surface area contributed by atoms with Crippen molar-refractivity contribution < 1.29 is 13.2 Å². The second-order valence-corrected chi connectivity index (χ2v) is 4.45. The van der Waals surface area contributed by atoms with Gasteiger partial charge in [0.2, 0.25) is 15.9 Å². The molecule has 1 amide bonds. The second-order valence-electron chi connectivity index (χ2n) is 2.92. The summed E-state index contributed by atoms with van der Waals surface area (Å²) in [5.41, 5.74) is 0.0743. The number of sulfonamides is 1. The molecule has 1 aromatic carbocycles. The van der Waals surface area contributed by atoms with E-state index in [4.69, 9.17) is 10.4 Å². The molecule has 0 atom stereocenters. The van der Waals surface area contributed by atoms with Gasteiger partial charge in [-0.2, -0.15) is 5.26 Å². The highest BCUT2D eigenvalue weighted by atomic mass is 32.2. The summed E-state index contributed by atoms with van der Waals surface area (Å²) >= 11 is 0. The van der Waals surface area contributed by atoms with Crippen molar-refractivity contribution in [3.05, 3.63) is 24.3 Å². The number of nitrogens with two attached hydrogens (primary N) is 1. The SMILES string of the molecule is N#CCC(=O)Nc1ccccc1S(N)(=O)=O. The molecule has 0 bridgehead atoms. The third-order valence-corrected chi connectivity index (χ3v) is 2.68. The standard InChI is InChI=1S/C9H9N3O3S/c10-6-5-9(13)12-7-3-1-2-4-8(7)16(11,14)15/h1-4H,5H2,(H,12,13)(H2,11,14,15). The molecule has 0 heterocycles. The molecule has 6 nitrogen and oxygen atoms in total. The van der Waals surface area contributed by atoms with Crippen LogP contribution in [0.5, 0.6) is 0 Å². The van der Waals surface area contributed by atoms with E-state index in [0.29, 0.717) is 0 Å². The molecule has 0 unspecified atom stereocenters. The van der Waals surface area contributed by atoms with Gasteiger partial charge >= 0.3 is 0 Å². The monoisotopic (exact) mass is 239 g/mol. The Hall–Kier alpha value is -1.91. The van der Waals surface area contributed by atoms with Gasteiger partial charge in [0.15, 0.2) is 0 Å². The molecule has 0 saturated carbocycles. The maximum Gasteiger partial charge on any atom is 0.240 e. The Labute approximate surface area is 92.7 Å². The van der Waals surface area contributed by atoms with E-state index in [1.807, 2.05) is 0 Å². The second kappa shape index (κ2) is 4.74. The van der Waals surface area contributed by atoms with E-state index < -0.39 is 15.9 Å². The molecule has 0 fully saturated rings. The molecule has 0 radical (unpaired) electrons. The third kappa shape index (κ3) is 3.05. The van der Waals surface area contributed by atoms with Gasteiger partial charge in [0.25, 0.3) is 0 Å². The van der Waals surface area contributed by atoms with Gasteiger partial charge in [-0.05, 0) is 12.1 Å². The summed E-state index contributed by atoms with van der Waals surface area (Å²) in [6.45, 7) is 0. The van der Waals surface area contributed by atoms with E-state index in [2.05, 4.69) is 5.32 Å². The van der Waals surface area contributed by atoms with Crippen molar-refractivity contribution in [1.82, 2.24) is 0 Å². The molecule has 0 aliphatic carbocycles. The molecule has 0 aliphatic rings. The Morgan fingerprint density at radius 2 is 2.06 bits per heavy atom. The van der Waals surface area contributed by atoms with Gasteiger partial charge in [-0.15, -0.1) is 0 Å². The Kier molecular flexibility index (Phi) is 3.60. The zero-order chi connectivity index (χ0) is 12.2. The minimum absolute atomic E-state index is 0.0743. The van der Waals surface area contributed by atoms with Gasteiger partial charge in [-0.25, -0.2) is 13.6 Å². The lowest BCUT2D eigenvalue weighted by atomic mass is 10.3. The van der Waals surface area contributed by atoms with Gasteiger partial charge in [-0.3, -0.25) is 4.79 Å². The van der Waals surface area contributed by atoms with Gasteiger partial charge < -0.3 is 5.32 Å². The Bertz CT molecular complexity index is 545. The number of hydrogen-bond donors (Lipinski definition) is 2. The first kappa shape index (κ1) is 12.2. The van der Waals surface area contributed by atoms with E-state index in [9.17, 15) is 13.2 Å². The first-order chi connectivity index (χ1) is 7.45. The summed E-state index contributed by atoms with van der Waals surface area (Å²) in [6.07, 6.45) is -0.348. The lowest BCUT2D eigenvalue weighted by molar-refractivity contribution is -0.115. The van der Waals surface area contributed by atoms with Crippen LogP contribution in [0.15, 0.2) is 29.2 Å². The number of hydrogen-bond acceptors (Lipinski definition) is 4. The summed E-state index contributed by atoms with van der Waals surface area (Å²) in [4.78, 5) is 10.9. The Balaban J connectivity index is 3.07. The van der Waals surface area contributed by atoms with Crippen molar-refractivity contribution in [3.63, 3.8) is 0 Å². The zero-order valence-corrected chi connectivity index (χ0v) is 8.99. The Morgan fingerprint density at radius 1 is 1.44 bits per heavy atom. The lowest BCUT2D eigenvalue weighted by Gasteiger charge is -2.07. The number of carbonyl (C=O) groups is 1. The molecule has 0 spiro atoms. The van der Waals surface area contributed by atoms with Crippen molar-refractivity contribution in [2.24, 2.45) is 5.14 Å². The van der Waals surface area contributed by atoms with Crippen LogP contribution in [0.4, 0.5) is 5.69 Å². The maximum absolute atomic E-state index is 11.2. The third-order valence-electron chi connectivity index (χ3n) is 1.71. The average molecular weight is 239 g/mol. The van der Waals surface area contributed by atoms with Crippen molar-refractivity contribution in [1.29, 1.82) is 5.26 Å². The summed E-state index contributed by atoms with van der Waals surface area (Å²) in [5, 5.41) is 15.6. The van der Waals surface area contributed by atoms with Crippen molar-refractivity contribution >= 4 is 21.6 Å². The Morgan fingerprint density at radius 3 is 2.62 bits per heavy atom. The smallest absolute Gasteiger partial charge is 0.240 e. The van der Waals surface area contributed by atoms with Crippen LogP contribution in [0.3, 0.4) is 0 Å². The minimum atomic E-state index is -3.89. The van der Waals surface area contributed by atoms with E-state index in [1.165, 1.54) is 18.2 Å². The van der Waals surface area contributed by atoms with Gasteiger partial charge in [-0.1, -0.05) is 12.1 Å². The minimum Gasteiger partial charge on any atom is -0.324 e. The van der Waals surface area contributed by atoms with Gasteiger partial charge in [0.05, 0.1) is 11.8 Å². The van der Waals surface area contributed by atoms with Crippen LogP contribution >= 0.6 is 0 Å². The topological polar surface area (TPSA) is 113 Å². The molecule has 0 saturated heterocycles. The van der Waals surface area contributed by atoms with E-state index in [1.54, 1.807) is 12.1 Å². The van der Waals surface area contributed by atoms with Crippen molar-refractivity contribution in [2.75, 3.05) is 5.32 Å². The molecule has 16 heavy (non-hydrogen) atoms. The van der Waals surface area contributed by atoms with Crippen molar-refractivity contribution in [3.8, 4) is 6.07 Å². The van der Waals surface area contributed by atoms with Gasteiger partial charge in [0, 0.05) is 0 Å². The molecule has 1 aromatic rings. The van der Waals surface area contributed by atoms with Crippen LogP contribution in [0.25, 0.3) is 0 Å². The fourth-order valence-electron chi connectivity index (χ4n) is 1.08. The molecule has 3 N–H and O–H groups in total. The zero-order valence-electron chi connectivity index (χ0n) is 8.17. The summed E-state index contributed by atoms with van der Waals surface area (Å²) in [7, 11) is -3.89. The number of rotatable bonds is 3. The number of benzene rings is 1. The predicted molar refractivity (Wildman–Crippen MR) is 56.7 cm³/mol. The highest BCUT2D eigenvalue weighted by Crippen LogP contribution is 2.19. The van der Waals surface area contributed by atoms with Crippen LogP contribution in [-0.2, 0) is 14.8 Å². The van der Waals surface area contributed by atoms with E-state index in [0.717, 1.165) is 0 Å². The number of carbonyl (C=O) groups excluding carboxylic acids is 1. The number of nitrogens with zero attached hydrogens (tertiary/aromatic N) is 1.